The lowest BCUT2D eigenvalue weighted by molar-refractivity contribution is -0.117. The highest BCUT2D eigenvalue weighted by Crippen LogP contribution is 2.26. The summed E-state index contributed by atoms with van der Waals surface area (Å²) >= 11 is 12.1. The van der Waals surface area contributed by atoms with Crippen molar-refractivity contribution in [2.45, 2.75) is 13.8 Å². The third kappa shape index (κ3) is 4.50. The second-order valence-electron chi connectivity index (χ2n) is 6.65. The lowest BCUT2D eigenvalue weighted by atomic mass is 10.1. The molecular formula is C20H23Cl2N3O. The summed E-state index contributed by atoms with van der Waals surface area (Å²) in [7, 11) is 0. The van der Waals surface area contributed by atoms with Crippen molar-refractivity contribution in [3.05, 3.63) is 57.6 Å². The van der Waals surface area contributed by atoms with E-state index in [1.165, 1.54) is 16.8 Å². The zero-order valence-corrected chi connectivity index (χ0v) is 16.6. The lowest BCUT2D eigenvalue weighted by Gasteiger charge is -2.36. The van der Waals surface area contributed by atoms with Gasteiger partial charge in [-0.25, -0.2) is 0 Å². The molecule has 4 nitrogen and oxygen atoms in total. The van der Waals surface area contributed by atoms with Crippen molar-refractivity contribution in [2.24, 2.45) is 0 Å². The smallest absolute Gasteiger partial charge is 0.238 e. The van der Waals surface area contributed by atoms with Crippen LogP contribution in [0.4, 0.5) is 11.4 Å². The summed E-state index contributed by atoms with van der Waals surface area (Å²) in [5, 5.41) is 3.88. The summed E-state index contributed by atoms with van der Waals surface area (Å²) in [6.45, 7) is 8.18. The van der Waals surface area contributed by atoms with E-state index < -0.39 is 0 Å². The highest BCUT2D eigenvalue weighted by Gasteiger charge is 2.20. The van der Waals surface area contributed by atoms with Crippen molar-refractivity contribution < 1.29 is 4.79 Å². The number of carbonyl (C=O) groups excluding carboxylic acids is 1. The molecule has 2 aromatic rings. The van der Waals surface area contributed by atoms with Gasteiger partial charge in [0.2, 0.25) is 5.91 Å². The molecule has 26 heavy (non-hydrogen) atoms. The number of anilines is 2. The molecule has 138 valence electrons. The molecule has 0 bridgehead atoms. The maximum atomic E-state index is 12.3. The Morgan fingerprint density at radius 3 is 2.54 bits per heavy atom. The van der Waals surface area contributed by atoms with Gasteiger partial charge in [-0.3, -0.25) is 9.69 Å². The number of nitrogens with one attached hydrogen (secondary N) is 1. The Morgan fingerprint density at radius 1 is 1.08 bits per heavy atom. The van der Waals surface area contributed by atoms with Crippen molar-refractivity contribution in [2.75, 3.05) is 42.9 Å². The van der Waals surface area contributed by atoms with E-state index in [4.69, 9.17) is 23.2 Å². The molecule has 1 saturated heterocycles. The van der Waals surface area contributed by atoms with E-state index in [-0.39, 0.29) is 5.91 Å². The van der Waals surface area contributed by atoms with Crippen LogP contribution in [0.3, 0.4) is 0 Å². The maximum absolute atomic E-state index is 12.3. The summed E-state index contributed by atoms with van der Waals surface area (Å²) < 4.78 is 0. The molecule has 1 aliphatic heterocycles. The largest absolute Gasteiger partial charge is 0.369 e. The zero-order chi connectivity index (χ0) is 18.7. The van der Waals surface area contributed by atoms with Crippen molar-refractivity contribution in [1.29, 1.82) is 0 Å². The fraction of sp³-hybridized carbons (Fsp3) is 0.350. The van der Waals surface area contributed by atoms with Gasteiger partial charge in [-0.2, -0.15) is 0 Å². The Bertz CT molecular complexity index is 802. The minimum Gasteiger partial charge on any atom is -0.369 e. The molecule has 0 aromatic heterocycles. The molecule has 3 rings (SSSR count). The normalized spacial score (nSPS) is 15.2. The number of halogens is 2. The van der Waals surface area contributed by atoms with Gasteiger partial charge in [-0.15, -0.1) is 0 Å². The average Bonchev–Trinajstić information content (AvgIpc) is 2.61. The van der Waals surface area contributed by atoms with E-state index in [0.717, 1.165) is 26.2 Å². The SMILES string of the molecule is Cc1cccc(N2CCN(CC(=O)Nc3cc(Cl)ccc3Cl)CC2)c1C. The number of rotatable bonds is 4. The number of aryl methyl sites for hydroxylation is 1. The molecule has 1 amide bonds. The van der Waals surface area contributed by atoms with Crippen molar-refractivity contribution >= 4 is 40.5 Å². The first-order chi connectivity index (χ1) is 12.4. The maximum Gasteiger partial charge on any atom is 0.238 e. The Balaban J connectivity index is 1.54. The van der Waals surface area contributed by atoms with Gasteiger partial charge in [0, 0.05) is 36.9 Å². The Kier molecular flexibility index (Phi) is 6.07. The van der Waals surface area contributed by atoms with Crippen LogP contribution in [0.1, 0.15) is 11.1 Å². The number of piperazine rings is 1. The molecule has 1 aliphatic rings. The summed E-state index contributed by atoms with van der Waals surface area (Å²) in [5.74, 6) is -0.0747. The minimum atomic E-state index is -0.0747. The van der Waals surface area contributed by atoms with Gasteiger partial charge >= 0.3 is 0 Å². The molecule has 0 saturated carbocycles. The van der Waals surface area contributed by atoms with Crippen LogP contribution in [0.15, 0.2) is 36.4 Å². The molecule has 0 atom stereocenters. The van der Waals surface area contributed by atoms with Crippen molar-refractivity contribution in [3.63, 3.8) is 0 Å². The fourth-order valence-corrected chi connectivity index (χ4v) is 3.55. The Hall–Kier alpha value is -1.75. The molecule has 0 unspecified atom stereocenters. The number of hydrogen-bond donors (Lipinski definition) is 1. The molecule has 0 aliphatic carbocycles. The van der Waals surface area contributed by atoms with Gasteiger partial charge in [0.05, 0.1) is 17.3 Å². The molecule has 0 spiro atoms. The van der Waals surface area contributed by atoms with Gasteiger partial charge in [0.1, 0.15) is 0 Å². The van der Waals surface area contributed by atoms with E-state index >= 15 is 0 Å². The third-order valence-corrected chi connectivity index (χ3v) is 5.42. The first kappa shape index (κ1) is 19.0. The van der Waals surface area contributed by atoms with Crippen molar-refractivity contribution in [3.8, 4) is 0 Å². The van der Waals surface area contributed by atoms with Crippen LogP contribution in [-0.2, 0) is 4.79 Å². The molecule has 6 heteroatoms. The van der Waals surface area contributed by atoms with Crippen molar-refractivity contribution in [1.82, 2.24) is 4.90 Å². The van der Waals surface area contributed by atoms with Gasteiger partial charge < -0.3 is 10.2 Å². The van der Waals surface area contributed by atoms with Crippen LogP contribution >= 0.6 is 23.2 Å². The summed E-state index contributed by atoms with van der Waals surface area (Å²) in [5.41, 5.74) is 4.48. The van der Waals surface area contributed by atoms with Gasteiger partial charge in [0.25, 0.3) is 0 Å². The quantitative estimate of drug-likeness (QED) is 0.839. The lowest BCUT2D eigenvalue weighted by Crippen LogP contribution is -2.48. The number of nitrogens with zero attached hydrogens (tertiary/aromatic N) is 2. The molecule has 2 aromatic carbocycles. The second-order valence-corrected chi connectivity index (χ2v) is 7.50. The zero-order valence-electron chi connectivity index (χ0n) is 15.1. The topological polar surface area (TPSA) is 35.6 Å². The van der Waals surface area contributed by atoms with E-state index in [9.17, 15) is 4.79 Å². The Morgan fingerprint density at radius 2 is 1.81 bits per heavy atom. The van der Waals surface area contributed by atoms with E-state index in [2.05, 4.69) is 47.2 Å². The molecule has 1 fully saturated rings. The molecule has 1 heterocycles. The first-order valence-electron chi connectivity index (χ1n) is 8.72. The van der Waals surface area contributed by atoms with Crippen LogP contribution in [0, 0.1) is 13.8 Å². The van der Waals surface area contributed by atoms with E-state index in [0.29, 0.717) is 22.3 Å². The highest BCUT2D eigenvalue weighted by molar-refractivity contribution is 6.35. The Labute approximate surface area is 164 Å². The van der Waals surface area contributed by atoms with E-state index in [1.807, 2.05) is 0 Å². The van der Waals surface area contributed by atoms with Crippen LogP contribution < -0.4 is 10.2 Å². The standard InChI is InChI=1S/C20H23Cl2N3O/c1-14-4-3-5-19(15(14)2)25-10-8-24(9-11-25)13-20(26)23-18-12-16(21)6-7-17(18)22/h3-7,12H,8-11,13H2,1-2H3,(H,23,26). The second kappa shape index (κ2) is 8.30. The van der Waals surface area contributed by atoms with Crippen LogP contribution in [0.25, 0.3) is 0 Å². The van der Waals surface area contributed by atoms with Gasteiger partial charge in [-0.1, -0.05) is 35.3 Å². The van der Waals surface area contributed by atoms with Gasteiger partial charge in [-0.05, 0) is 49.2 Å². The predicted octanol–water partition coefficient (Wildman–Crippen LogP) is 4.37. The fourth-order valence-electron chi connectivity index (χ4n) is 3.21. The molecule has 0 radical (unpaired) electrons. The van der Waals surface area contributed by atoms with Crippen LogP contribution in [0.2, 0.25) is 10.0 Å². The van der Waals surface area contributed by atoms with Gasteiger partial charge in [0.15, 0.2) is 0 Å². The molecule has 1 N–H and O–H groups in total. The molecular weight excluding hydrogens is 369 g/mol. The third-order valence-electron chi connectivity index (χ3n) is 4.86. The number of amides is 1. The van der Waals surface area contributed by atoms with Crippen LogP contribution in [0.5, 0.6) is 0 Å². The number of carbonyl (C=O) groups is 1. The highest BCUT2D eigenvalue weighted by atomic mass is 35.5. The number of benzene rings is 2. The van der Waals surface area contributed by atoms with E-state index in [1.54, 1.807) is 18.2 Å². The van der Waals surface area contributed by atoms with Crippen LogP contribution in [-0.4, -0.2) is 43.5 Å². The average molecular weight is 392 g/mol. The first-order valence-corrected chi connectivity index (χ1v) is 9.48. The summed E-state index contributed by atoms with van der Waals surface area (Å²) in [6, 6.07) is 11.5. The number of hydrogen-bond acceptors (Lipinski definition) is 3. The predicted molar refractivity (Wildman–Crippen MR) is 110 cm³/mol. The minimum absolute atomic E-state index is 0.0747. The summed E-state index contributed by atoms with van der Waals surface area (Å²) in [6.07, 6.45) is 0. The summed E-state index contributed by atoms with van der Waals surface area (Å²) in [4.78, 5) is 16.9. The monoisotopic (exact) mass is 391 g/mol.